The predicted molar refractivity (Wildman–Crippen MR) is 130 cm³/mol. The molecule has 1 aromatic rings. The van der Waals surface area contributed by atoms with E-state index in [1.165, 1.54) is 0 Å². The van der Waals surface area contributed by atoms with Crippen LogP contribution in [0.2, 0.25) is 0 Å². The average Bonchev–Trinajstić information content (AvgIpc) is 3.18. The van der Waals surface area contributed by atoms with Crippen LogP contribution >= 0.6 is 11.8 Å². The Kier molecular flexibility index (Phi) is 7.13. The number of carbonyl (C=O) groups excluding carboxylic acids is 3. The van der Waals surface area contributed by atoms with Crippen LogP contribution in [0.25, 0.3) is 0 Å². The van der Waals surface area contributed by atoms with E-state index in [0.29, 0.717) is 43.5 Å². The van der Waals surface area contributed by atoms with E-state index in [1.807, 2.05) is 17.0 Å². The minimum atomic E-state index is -0.425. The van der Waals surface area contributed by atoms with Gasteiger partial charge < -0.3 is 19.3 Å². The van der Waals surface area contributed by atoms with E-state index in [-0.39, 0.29) is 17.1 Å². The molecular formula is C25H33N3O5S. The Morgan fingerprint density at radius 2 is 1.85 bits per heavy atom. The zero-order valence-electron chi connectivity index (χ0n) is 19.7. The summed E-state index contributed by atoms with van der Waals surface area (Å²) in [7, 11) is 1.64. The van der Waals surface area contributed by atoms with Crippen molar-refractivity contribution >= 4 is 34.5 Å². The molecule has 0 aromatic heterocycles. The minimum Gasteiger partial charge on any atom is -0.495 e. The van der Waals surface area contributed by atoms with Gasteiger partial charge in [0, 0.05) is 32.2 Å². The monoisotopic (exact) mass is 487 g/mol. The first kappa shape index (κ1) is 23.6. The number of imide groups is 1. The van der Waals surface area contributed by atoms with Crippen molar-refractivity contribution in [3.8, 4) is 5.75 Å². The summed E-state index contributed by atoms with van der Waals surface area (Å²) >= 11 is 1.05. The lowest BCUT2D eigenvalue weighted by molar-refractivity contribution is -0.120. The van der Waals surface area contributed by atoms with Gasteiger partial charge in [0.25, 0.3) is 5.24 Å². The third kappa shape index (κ3) is 4.83. The number of benzene rings is 1. The van der Waals surface area contributed by atoms with E-state index in [9.17, 15) is 14.4 Å². The molecule has 0 spiro atoms. The predicted octanol–water partition coefficient (Wildman–Crippen LogP) is 2.76. The average molecular weight is 488 g/mol. The van der Waals surface area contributed by atoms with Crippen molar-refractivity contribution in [1.82, 2.24) is 10.2 Å². The number of carbonyl (C=O) groups is 3. The molecule has 1 aromatic carbocycles. The highest BCUT2D eigenvalue weighted by atomic mass is 32.2. The SMILES string of the molecule is COc1ccc(CC2SC(=O)NC2=O)c2c1N(CC1CCN(C3CCOCC3)CC1)C(=O)CC2. The second-order valence-electron chi connectivity index (χ2n) is 9.67. The smallest absolute Gasteiger partial charge is 0.286 e. The summed E-state index contributed by atoms with van der Waals surface area (Å²) in [5.74, 6) is 1.05. The molecule has 8 nitrogen and oxygen atoms in total. The van der Waals surface area contributed by atoms with Crippen LogP contribution < -0.4 is 15.0 Å². The van der Waals surface area contributed by atoms with Crippen LogP contribution in [-0.4, -0.2) is 73.2 Å². The Morgan fingerprint density at radius 3 is 2.53 bits per heavy atom. The molecule has 5 rings (SSSR count). The molecule has 9 heteroatoms. The van der Waals surface area contributed by atoms with Crippen LogP contribution in [0.4, 0.5) is 10.5 Å². The zero-order valence-corrected chi connectivity index (χ0v) is 20.5. The molecule has 184 valence electrons. The number of hydrogen-bond acceptors (Lipinski definition) is 7. The van der Waals surface area contributed by atoms with Gasteiger partial charge in [0.15, 0.2) is 0 Å². The third-order valence-corrected chi connectivity index (χ3v) is 8.67. The fraction of sp³-hybridized carbons (Fsp3) is 0.640. The molecule has 0 radical (unpaired) electrons. The highest BCUT2D eigenvalue weighted by Crippen LogP contribution is 2.41. The number of fused-ring (bicyclic) bond motifs is 1. The summed E-state index contributed by atoms with van der Waals surface area (Å²) in [6, 6.07) is 4.51. The van der Waals surface area contributed by atoms with Crippen molar-refractivity contribution in [1.29, 1.82) is 0 Å². The van der Waals surface area contributed by atoms with E-state index in [1.54, 1.807) is 7.11 Å². The van der Waals surface area contributed by atoms with Gasteiger partial charge in [-0.15, -0.1) is 0 Å². The van der Waals surface area contributed by atoms with Crippen LogP contribution in [-0.2, 0) is 27.2 Å². The molecule has 4 aliphatic rings. The molecule has 3 fully saturated rings. The Morgan fingerprint density at radius 1 is 1.09 bits per heavy atom. The summed E-state index contributed by atoms with van der Waals surface area (Å²) < 4.78 is 11.2. The normalized spacial score (nSPS) is 24.9. The number of ether oxygens (including phenoxy) is 2. The summed E-state index contributed by atoms with van der Waals surface area (Å²) in [5, 5.41) is 1.66. The van der Waals surface area contributed by atoms with Gasteiger partial charge in [0.1, 0.15) is 5.75 Å². The van der Waals surface area contributed by atoms with Gasteiger partial charge in [0.05, 0.1) is 18.0 Å². The van der Waals surface area contributed by atoms with Gasteiger partial charge in [0.2, 0.25) is 11.8 Å². The highest BCUT2D eigenvalue weighted by molar-refractivity contribution is 8.15. The first-order valence-corrected chi connectivity index (χ1v) is 13.2. The fourth-order valence-electron chi connectivity index (χ4n) is 5.81. The summed E-state index contributed by atoms with van der Waals surface area (Å²) in [6.45, 7) is 4.57. The number of piperidine rings is 1. The molecule has 1 N–H and O–H groups in total. The van der Waals surface area contributed by atoms with Crippen molar-refractivity contribution in [2.75, 3.05) is 44.9 Å². The molecule has 3 amide bonds. The lowest BCUT2D eigenvalue weighted by Gasteiger charge is -2.41. The number of anilines is 1. The summed E-state index contributed by atoms with van der Waals surface area (Å²) in [6.07, 6.45) is 5.96. The van der Waals surface area contributed by atoms with Crippen LogP contribution in [0, 0.1) is 5.92 Å². The topological polar surface area (TPSA) is 88.2 Å². The molecule has 1 atom stereocenters. The molecule has 4 heterocycles. The number of nitrogens with zero attached hydrogens (tertiary/aromatic N) is 2. The number of amides is 3. The summed E-state index contributed by atoms with van der Waals surface area (Å²) in [5.41, 5.74) is 2.95. The zero-order chi connectivity index (χ0) is 23.7. The van der Waals surface area contributed by atoms with Crippen LogP contribution in [0.3, 0.4) is 0 Å². The molecule has 4 aliphatic heterocycles. The first-order valence-electron chi connectivity index (χ1n) is 12.4. The maximum atomic E-state index is 13.1. The van der Waals surface area contributed by atoms with E-state index in [0.717, 1.165) is 80.6 Å². The standard InChI is InChI=1S/C25H33N3O5S/c1-32-20-4-2-17(14-21-24(30)26-25(31)34-21)19-3-5-22(29)28(23(19)20)15-16-6-10-27(11-7-16)18-8-12-33-13-9-18/h2,4,16,18,21H,3,5-15H2,1H3,(H,26,30,31). The molecule has 0 aliphatic carbocycles. The van der Waals surface area contributed by atoms with Crippen molar-refractivity contribution < 1.29 is 23.9 Å². The van der Waals surface area contributed by atoms with Crippen LogP contribution in [0.15, 0.2) is 12.1 Å². The second kappa shape index (κ2) is 10.3. The van der Waals surface area contributed by atoms with Crippen molar-refractivity contribution in [2.45, 2.75) is 56.2 Å². The Labute approximate surface area is 204 Å². The van der Waals surface area contributed by atoms with Gasteiger partial charge in [-0.1, -0.05) is 17.8 Å². The number of methoxy groups -OCH3 is 1. The second-order valence-corrected chi connectivity index (χ2v) is 10.8. The quantitative estimate of drug-likeness (QED) is 0.660. The van der Waals surface area contributed by atoms with Gasteiger partial charge >= 0.3 is 0 Å². The van der Waals surface area contributed by atoms with Gasteiger partial charge in [-0.25, -0.2) is 0 Å². The molecular weight excluding hydrogens is 454 g/mol. The first-order chi connectivity index (χ1) is 16.5. The maximum Gasteiger partial charge on any atom is 0.286 e. The largest absolute Gasteiger partial charge is 0.495 e. The summed E-state index contributed by atoms with van der Waals surface area (Å²) in [4.78, 5) is 41.4. The number of nitrogens with one attached hydrogen (secondary N) is 1. The van der Waals surface area contributed by atoms with Gasteiger partial charge in [-0.05, 0) is 74.7 Å². The van der Waals surface area contributed by atoms with Crippen molar-refractivity contribution in [3.05, 3.63) is 23.3 Å². The minimum absolute atomic E-state index is 0.137. The Bertz CT molecular complexity index is 956. The fourth-order valence-corrected chi connectivity index (χ4v) is 6.66. The highest BCUT2D eigenvalue weighted by Gasteiger charge is 2.36. The van der Waals surface area contributed by atoms with E-state index in [4.69, 9.17) is 9.47 Å². The van der Waals surface area contributed by atoms with E-state index >= 15 is 0 Å². The van der Waals surface area contributed by atoms with Crippen LogP contribution in [0.5, 0.6) is 5.75 Å². The molecule has 0 saturated carbocycles. The number of rotatable bonds is 6. The molecule has 3 saturated heterocycles. The number of likely N-dealkylation sites (tertiary alicyclic amines) is 1. The third-order valence-electron chi connectivity index (χ3n) is 7.69. The van der Waals surface area contributed by atoms with Crippen molar-refractivity contribution in [2.24, 2.45) is 5.92 Å². The molecule has 34 heavy (non-hydrogen) atoms. The van der Waals surface area contributed by atoms with Gasteiger partial charge in [-0.3, -0.25) is 19.7 Å². The Balaban J connectivity index is 1.32. The van der Waals surface area contributed by atoms with Crippen LogP contribution in [0.1, 0.15) is 43.2 Å². The Hall–Kier alpha value is -2.10. The lowest BCUT2D eigenvalue weighted by atomic mass is 9.89. The van der Waals surface area contributed by atoms with E-state index in [2.05, 4.69) is 10.2 Å². The number of hydrogen-bond donors (Lipinski definition) is 1. The molecule has 0 bridgehead atoms. The lowest BCUT2D eigenvalue weighted by Crippen LogP contribution is -2.47. The maximum absolute atomic E-state index is 13.1. The van der Waals surface area contributed by atoms with E-state index < -0.39 is 5.25 Å². The van der Waals surface area contributed by atoms with Crippen molar-refractivity contribution in [3.63, 3.8) is 0 Å². The number of thioether (sulfide) groups is 1. The van der Waals surface area contributed by atoms with Gasteiger partial charge in [-0.2, -0.15) is 0 Å². The molecule has 1 unspecified atom stereocenters.